The average Bonchev–Trinajstić information content (AvgIpc) is 2.68. The first-order valence-corrected chi connectivity index (χ1v) is 9.70. The van der Waals surface area contributed by atoms with Crippen LogP contribution in [0.25, 0.3) is 6.08 Å². The predicted molar refractivity (Wildman–Crippen MR) is 115 cm³/mol. The molecule has 1 saturated heterocycles. The number of hydrogen-bond donors (Lipinski definition) is 1. The summed E-state index contributed by atoms with van der Waals surface area (Å²) in [7, 11) is 3.76. The van der Waals surface area contributed by atoms with Crippen LogP contribution in [0, 0.1) is 0 Å². The van der Waals surface area contributed by atoms with Gasteiger partial charge in [0.25, 0.3) is 0 Å². The van der Waals surface area contributed by atoms with Crippen molar-refractivity contribution in [2.45, 2.75) is 0 Å². The lowest BCUT2D eigenvalue weighted by Crippen LogP contribution is -2.44. The molecule has 3 rings (SSSR count). The van der Waals surface area contributed by atoms with Crippen molar-refractivity contribution < 1.29 is 9.53 Å². The molecule has 1 heterocycles. The minimum absolute atomic E-state index is 0.177. The second-order valence-electron chi connectivity index (χ2n) is 6.55. The molecule has 5 nitrogen and oxygen atoms in total. The standard InChI is InChI=1S/C21H24BrN3O2/c1-24-11-13-25(14-12-24)19-7-5-18(6-8-19)23-21(26)10-3-16-15-17(22)4-9-20(16)27-2/h3-10,15H,11-14H2,1-2H3,(H,23,26)/b10-3+. The summed E-state index contributed by atoms with van der Waals surface area (Å²) in [6, 6.07) is 13.7. The van der Waals surface area contributed by atoms with Gasteiger partial charge in [-0.2, -0.15) is 0 Å². The number of benzene rings is 2. The average molecular weight is 430 g/mol. The molecule has 0 saturated carbocycles. The van der Waals surface area contributed by atoms with Gasteiger partial charge in [0.05, 0.1) is 7.11 Å². The lowest BCUT2D eigenvalue weighted by Gasteiger charge is -2.34. The van der Waals surface area contributed by atoms with Crippen molar-refractivity contribution in [2.24, 2.45) is 0 Å². The Kier molecular flexibility index (Phi) is 6.53. The van der Waals surface area contributed by atoms with Gasteiger partial charge in [0.2, 0.25) is 5.91 Å². The summed E-state index contributed by atoms with van der Waals surface area (Å²) < 4.78 is 6.25. The van der Waals surface area contributed by atoms with Gasteiger partial charge in [0.1, 0.15) is 5.75 Å². The van der Waals surface area contributed by atoms with Gasteiger partial charge in [-0.1, -0.05) is 15.9 Å². The predicted octanol–water partition coefficient (Wildman–Crippen LogP) is 3.86. The molecule has 0 aliphatic carbocycles. The molecule has 1 amide bonds. The van der Waals surface area contributed by atoms with Crippen molar-refractivity contribution in [3.05, 3.63) is 58.6 Å². The lowest BCUT2D eigenvalue weighted by atomic mass is 10.2. The first-order chi connectivity index (χ1) is 13.0. The van der Waals surface area contributed by atoms with Crippen molar-refractivity contribution >= 4 is 39.3 Å². The van der Waals surface area contributed by atoms with Crippen LogP contribution in [0.2, 0.25) is 0 Å². The van der Waals surface area contributed by atoms with Crippen LogP contribution in [-0.4, -0.2) is 51.1 Å². The number of amides is 1. The molecule has 1 N–H and O–H groups in total. The number of nitrogens with one attached hydrogen (secondary N) is 1. The summed E-state index contributed by atoms with van der Waals surface area (Å²) in [5, 5.41) is 2.90. The van der Waals surface area contributed by atoms with Crippen LogP contribution in [0.15, 0.2) is 53.0 Å². The van der Waals surface area contributed by atoms with Crippen molar-refractivity contribution in [3.8, 4) is 5.75 Å². The number of anilines is 2. The quantitative estimate of drug-likeness (QED) is 0.732. The minimum Gasteiger partial charge on any atom is -0.496 e. The van der Waals surface area contributed by atoms with Crippen LogP contribution in [0.1, 0.15) is 5.56 Å². The van der Waals surface area contributed by atoms with E-state index in [1.165, 1.54) is 11.8 Å². The number of piperazine rings is 1. The number of likely N-dealkylation sites (N-methyl/N-ethyl adjacent to an activating group) is 1. The number of carbonyl (C=O) groups is 1. The largest absolute Gasteiger partial charge is 0.496 e. The van der Waals surface area contributed by atoms with Crippen LogP contribution in [0.3, 0.4) is 0 Å². The Morgan fingerprint density at radius 1 is 1.11 bits per heavy atom. The third kappa shape index (κ3) is 5.34. The Labute approximate surface area is 168 Å². The van der Waals surface area contributed by atoms with E-state index in [9.17, 15) is 4.79 Å². The summed E-state index contributed by atoms with van der Waals surface area (Å²) in [4.78, 5) is 16.9. The first kappa shape index (κ1) is 19.5. The molecular formula is C21H24BrN3O2. The summed E-state index contributed by atoms with van der Waals surface area (Å²) in [6.45, 7) is 4.20. The number of carbonyl (C=O) groups excluding carboxylic acids is 1. The van der Waals surface area contributed by atoms with E-state index in [-0.39, 0.29) is 5.91 Å². The summed E-state index contributed by atoms with van der Waals surface area (Å²) in [5.74, 6) is 0.545. The maximum absolute atomic E-state index is 12.2. The second-order valence-corrected chi connectivity index (χ2v) is 7.46. The molecule has 27 heavy (non-hydrogen) atoms. The van der Waals surface area contributed by atoms with E-state index >= 15 is 0 Å². The molecule has 2 aromatic carbocycles. The zero-order chi connectivity index (χ0) is 19.2. The van der Waals surface area contributed by atoms with Crippen molar-refractivity contribution in [2.75, 3.05) is 50.6 Å². The van der Waals surface area contributed by atoms with E-state index in [0.717, 1.165) is 47.7 Å². The van der Waals surface area contributed by atoms with Gasteiger partial charge in [-0.25, -0.2) is 0 Å². The Morgan fingerprint density at radius 2 is 1.81 bits per heavy atom. The number of hydrogen-bond acceptors (Lipinski definition) is 4. The Morgan fingerprint density at radius 3 is 2.48 bits per heavy atom. The number of nitrogens with zero attached hydrogens (tertiary/aromatic N) is 2. The number of halogens is 1. The highest BCUT2D eigenvalue weighted by atomic mass is 79.9. The van der Waals surface area contributed by atoms with Gasteiger partial charge >= 0.3 is 0 Å². The molecule has 0 spiro atoms. The van der Waals surface area contributed by atoms with Gasteiger partial charge < -0.3 is 19.9 Å². The molecule has 0 radical (unpaired) electrons. The van der Waals surface area contributed by atoms with Crippen LogP contribution in [0.4, 0.5) is 11.4 Å². The van der Waals surface area contributed by atoms with Crippen molar-refractivity contribution in [1.29, 1.82) is 0 Å². The SMILES string of the molecule is COc1ccc(Br)cc1/C=C/C(=O)Nc1ccc(N2CCN(C)CC2)cc1. The highest BCUT2D eigenvalue weighted by molar-refractivity contribution is 9.10. The molecule has 1 aliphatic heterocycles. The number of methoxy groups -OCH3 is 1. The molecule has 1 fully saturated rings. The van der Waals surface area contributed by atoms with Gasteiger partial charge in [-0.15, -0.1) is 0 Å². The van der Waals surface area contributed by atoms with Gasteiger partial charge in [0, 0.05) is 53.7 Å². The molecule has 0 bridgehead atoms. The number of rotatable bonds is 5. The van der Waals surface area contributed by atoms with Crippen LogP contribution >= 0.6 is 15.9 Å². The highest BCUT2D eigenvalue weighted by Gasteiger charge is 2.14. The summed E-state index contributed by atoms with van der Waals surface area (Å²) in [6.07, 6.45) is 3.26. The van der Waals surface area contributed by atoms with E-state index in [1.54, 1.807) is 13.2 Å². The minimum atomic E-state index is -0.177. The lowest BCUT2D eigenvalue weighted by molar-refractivity contribution is -0.111. The molecule has 2 aromatic rings. The van der Waals surface area contributed by atoms with Crippen LogP contribution < -0.4 is 15.0 Å². The normalized spacial score (nSPS) is 15.1. The van der Waals surface area contributed by atoms with E-state index in [0.29, 0.717) is 0 Å². The van der Waals surface area contributed by atoms with Crippen LogP contribution in [0.5, 0.6) is 5.75 Å². The van der Waals surface area contributed by atoms with Crippen molar-refractivity contribution in [1.82, 2.24) is 4.90 Å². The maximum atomic E-state index is 12.2. The highest BCUT2D eigenvalue weighted by Crippen LogP contribution is 2.24. The van der Waals surface area contributed by atoms with E-state index in [1.807, 2.05) is 30.3 Å². The van der Waals surface area contributed by atoms with Crippen molar-refractivity contribution in [3.63, 3.8) is 0 Å². The maximum Gasteiger partial charge on any atom is 0.248 e. The fraction of sp³-hybridized carbons (Fsp3) is 0.286. The van der Waals surface area contributed by atoms with Gasteiger partial charge in [0.15, 0.2) is 0 Å². The molecule has 6 heteroatoms. The fourth-order valence-electron chi connectivity index (χ4n) is 3.01. The summed E-state index contributed by atoms with van der Waals surface area (Å²) in [5.41, 5.74) is 2.81. The fourth-order valence-corrected chi connectivity index (χ4v) is 3.38. The molecule has 0 aromatic heterocycles. The van der Waals surface area contributed by atoms with Gasteiger partial charge in [-0.05, 0) is 55.6 Å². The Balaban J connectivity index is 1.60. The zero-order valence-electron chi connectivity index (χ0n) is 15.6. The Bertz CT molecular complexity index is 813. The van der Waals surface area contributed by atoms with E-state index in [4.69, 9.17) is 4.74 Å². The van der Waals surface area contributed by atoms with E-state index < -0.39 is 0 Å². The third-order valence-corrected chi connectivity index (χ3v) is 5.10. The topological polar surface area (TPSA) is 44.8 Å². The van der Waals surface area contributed by atoms with Gasteiger partial charge in [-0.3, -0.25) is 4.79 Å². The number of ether oxygens (including phenoxy) is 1. The van der Waals surface area contributed by atoms with E-state index in [2.05, 4.69) is 50.2 Å². The first-order valence-electron chi connectivity index (χ1n) is 8.91. The second kappa shape index (κ2) is 9.06. The third-order valence-electron chi connectivity index (χ3n) is 4.61. The Hall–Kier alpha value is -2.31. The monoisotopic (exact) mass is 429 g/mol. The molecule has 142 valence electrons. The molecule has 0 unspecified atom stereocenters. The van der Waals surface area contributed by atoms with Crippen LogP contribution in [-0.2, 0) is 4.79 Å². The molecule has 1 aliphatic rings. The summed E-state index contributed by atoms with van der Waals surface area (Å²) >= 11 is 3.43. The smallest absolute Gasteiger partial charge is 0.248 e. The zero-order valence-corrected chi connectivity index (χ0v) is 17.2. The molecular weight excluding hydrogens is 406 g/mol. The molecule has 0 atom stereocenters.